The van der Waals surface area contributed by atoms with Crippen molar-refractivity contribution < 1.29 is 31.5 Å². The van der Waals surface area contributed by atoms with Crippen molar-refractivity contribution in [3.8, 4) is 5.75 Å². The van der Waals surface area contributed by atoms with Gasteiger partial charge >= 0.3 is 12.8 Å². The lowest BCUT2D eigenvalue weighted by molar-refractivity contribution is -0.137. The van der Waals surface area contributed by atoms with Gasteiger partial charge in [0.1, 0.15) is 5.75 Å². The van der Waals surface area contributed by atoms with Crippen LogP contribution in [0.4, 0.5) is 22.0 Å². The number of halogens is 5. The van der Waals surface area contributed by atoms with Gasteiger partial charge < -0.3 is 10.1 Å². The van der Waals surface area contributed by atoms with Crippen molar-refractivity contribution in [1.29, 1.82) is 0 Å². The number of carbonyl (C=O) groups excluding carboxylic acids is 1. The van der Waals surface area contributed by atoms with E-state index in [-0.39, 0.29) is 17.9 Å². The van der Waals surface area contributed by atoms with Gasteiger partial charge in [0.05, 0.1) is 11.1 Å². The zero-order chi connectivity index (χ0) is 18.4. The maximum atomic E-state index is 12.5. The molecule has 0 radical (unpaired) electrons. The summed E-state index contributed by atoms with van der Waals surface area (Å²) in [6.45, 7) is -2.92. The fourth-order valence-electron chi connectivity index (χ4n) is 2.13. The summed E-state index contributed by atoms with van der Waals surface area (Å²) >= 11 is 0. The van der Waals surface area contributed by atoms with Crippen LogP contribution in [0, 0.1) is 0 Å². The van der Waals surface area contributed by atoms with E-state index in [0.717, 1.165) is 12.1 Å². The molecule has 0 fully saturated rings. The molecule has 2 aromatic rings. The van der Waals surface area contributed by atoms with Crippen LogP contribution >= 0.6 is 0 Å². The first-order valence-corrected chi connectivity index (χ1v) is 7.25. The molecule has 0 aliphatic heterocycles. The van der Waals surface area contributed by atoms with Gasteiger partial charge in [0.25, 0.3) is 5.91 Å². The minimum Gasteiger partial charge on any atom is -0.434 e. The highest BCUT2D eigenvalue weighted by Crippen LogP contribution is 2.29. The highest BCUT2D eigenvalue weighted by Gasteiger charge is 2.29. The molecule has 3 nitrogen and oxygen atoms in total. The number of nitrogens with one attached hydrogen (secondary N) is 1. The summed E-state index contributed by atoms with van der Waals surface area (Å²) in [4.78, 5) is 12.0. The summed E-state index contributed by atoms with van der Waals surface area (Å²) in [5.41, 5.74) is -0.195. The smallest absolute Gasteiger partial charge is 0.416 e. The Bertz CT molecular complexity index is 714. The Labute approximate surface area is 140 Å². The fourth-order valence-corrected chi connectivity index (χ4v) is 2.13. The van der Waals surface area contributed by atoms with E-state index in [1.165, 1.54) is 36.4 Å². The molecular formula is C17H14F5NO2. The molecule has 0 heterocycles. The van der Waals surface area contributed by atoms with Gasteiger partial charge in [0.15, 0.2) is 0 Å². The normalized spacial score (nSPS) is 11.4. The van der Waals surface area contributed by atoms with E-state index in [9.17, 15) is 26.7 Å². The molecule has 2 aromatic carbocycles. The number of alkyl halides is 5. The minimum absolute atomic E-state index is 0.0461. The van der Waals surface area contributed by atoms with Gasteiger partial charge in [-0.1, -0.05) is 24.3 Å². The van der Waals surface area contributed by atoms with Gasteiger partial charge in [-0.2, -0.15) is 22.0 Å². The summed E-state index contributed by atoms with van der Waals surface area (Å²) < 4.78 is 66.3. The van der Waals surface area contributed by atoms with E-state index in [1.54, 1.807) is 0 Å². The Morgan fingerprint density at radius 1 is 1.04 bits per heavy atom. The second-order valence-electron chi connectivity index (χ2n) is 5.08. The fraction of sp³-hybridized carbons (Fsp3) is 0.235. The van der Waals surface area contributed by atoms with E-state index >= 15 is 0 Å². The molecule has 1 amide bonds. The largest absolute Gasteiger partial charge is 0.434 e. The van der Waals surface area contributed by atoms with Crippen LogP contribution < -0.4 is 10.1 Å². The molecule has 0 saturated carbocycles. The third kappa shape index (κ3) is 5.44. The highest BCUT2D eigenvalue weighted by atomic mass is 19.4. The summed E-state index contributed by atoms with van der Waals surface area (Å²) in [5.74, 6) is -0.854. The second kappa shape index (κ2) is 7.96. The number of hydrogen-bond acceptors (Lipinski definition) is 2. The van der Waals surface area contributed by atoms with E-state index in [4.69, 9.17) is 0 Å². The van der Waals surface area contributed by atoms with Crippen LogP contribution in [0.2, 0.25) is 0 Å². The van der Waals surface area contributed by atoms with Crippen LogP contribution in [0.1, 0.15) is 21.5 Å². The zero-order valence-corrected chi connectivity index (χ0v) is 12.8. The summed E-state index contributed by atoms with van der Waals surface area (Å²) in [5, 5.41) is 2.52. The SMILES string of the molecule is O=C(NCCc1ccc(C(F)(F)F)cc1)c1ccccc1OC(F)F. The minimum atomic E-state index is -4.40. The Morgan fingerprint density at radius 2 is 1.68 bits per heavy atom. The molecule has 8 heteroatoms. The maximum Gasteiger partial charge on any atom is 0.416 e. The van der Waals surface area contributed by atoms with Gasteiger partial charge in [-0.25, -0.2) is 0 Å². The van der Waals surface area contributed by atoms with Crippen LogP contribution in [0.5, 0.6) is 5.75 Å². The first kappa shape index (κ1) is 18.7. The number of rotatable bonds is 6. The number of para-hydroxylation sites is 1. The van der Waals surface area contributed by atoms with Gasteiger partial charge in [0, 0.05) is 6.54 Å². The van der Waals surface area contributed by atoms with Crippen molar-refractivity contribution in [2.24, 2.45) is 0 Å². The third-order valence-corrected chi connectivity index (χ3v) is 3.33. The average Bonchev–Trinajstić information content (AvgIpc) is 2.54. The molecule has 0 aliphatic carbocycles. The molecule has 0 spiro atoms. The summed E-state index contributed by atoms with van der Waals surface area (Å²) in [6.07, 6.45) is -4.11. The van der Waals surface area contributed by atoms with Crippen molar-refractivity contribution in [2.45, 2.75) is 19.2 Å². The van der Waals surface area contributed by atoms with E-state index in [0.29, 0.717) is 12.0 Å². The van der Waals surface area contributed by atoms with Crippen LogP contribution in [-0.2, 0) is 12.6 Å². The molecule has 0 unspecified atom stereocenters. The van der Waals surface area contributed by atoms with Gasteiger partial charge in [0.2, 0.25) is 0 Å². The predicted octanol–water partition coefficient (Wildman–Crippen LogP) is 4.28. The number of benzene rings is 2. The van der Waals surface area contributed by atoms with E-state index < -0.39 is 24.3 Å². The van der Waals surface area contributed by atoms with E-state index in [1.807, 2.05) is 0 Å². The van der Waals surface area contributed by atoms with Crippen molar-refractivity contribution in [1.82, 2.24) is 5.32 Å². The van der Waals surface area contributed by atoms with Crippen LogP contribution in [0.3, 0.4) is 0 Å². The lowest BCUT2D eigenvalue weighted by atomic mass is 10.1. The quantitative estimate of drug-likeness (QED) is 0.782. The first-order valence-electron chi connectivity index (χ1n) is 7.25. The molecule has 134 valence electrons. The Balaban J connectivity index is 1.93. The Morgan fingerprint density at radius 3 is 2.28 bits per heavy atom. The molecule has 25 heavy (non-hydrogen) atoms. The summed E-state index contributed by atoms with van der Waals surface area (Å²) in [6, 6.07) is 10.1. The standard InChI is InChI=1S/C17H14F5NO2/c18-16(19)25-14-4-2-1-3-13(14)15(24)23-10-9-11-5-7-12(8-6-11)17(20,21)22/h1-8,16H,9-10H2,(H,23,24). The first-order chi connectivity index (χ1) is 11.8. The number of carbonyl (C=O) groups is 1. The topological polar surface area (TPSA) is 38.3 Å². The number of hydrogen-bond donors (Lipinski definition) is 1. The molecule has 2 rings (SSSR count). The predicted molar refractivity (Wildman–Crippen MR) is 80.6 cm³/mol. The monoisotopic (exact) mass is 359 g/mol. The molecule has 0 atom stereocenters. The second-order valence-corrected chi connectivity index (χ2v) is 5.08. The number of amides is 1. The van der Waals surface area contributed by atoms with Crippen molar-refractivity contribution in [3.05, 3.63) is 65.2 Å². The molecule has 1 N–H and O–H groups in total. The van der Waals surface area contributed by atoms with Crippen molar-refractivity contribution in [3.63, 3.8) is 0 Å². The van der Waals surface area contributed by atoms with Crippen LogP contribution in [-0.4, -0.2) is 19.1 Å². The molecular weight excluding hydrogens is 345 g/mol. The van der Waals surface area contributed by atoms with Crippen molar-refractivity contribution >= 4 is 5.91 Å². The Kier molecular flexibility index (Phi) is 5.95. The lowest BCUT2D eigenvalue weighted by Crippen LogP contribution is -2.26. The molecule has 0 bridgehead atoms. The average molecular weight is 359 g/mol. The van der Waals surface area contributed by atoms with Gasteiger partial charge in [-0.05, 0) is 36.2 Å². The van der Waals surface area contributed by atoms with Crippen LogP contribution in [0.25, 0.3) is 0 Å². The zero-order valence-electron chi connectivity index (χ0n) is 12.8. The maximum absolute atomic E-state index is 12.5. The summed E-state index contributed by atoms with van der Waals surface area (Å²) in [7, 11) is 0. The van der Waals surface area contributed by atoms with Gasteiger partial charge in [-0.3, -0.25) is 4.79 Å². The molecule has 0 saturated heterocycles. The van der Waals surface area contributed by atoms with Crippen molar-refractivity contribution in [2.75, 3.05) is 6.54 Å². The third-order valence-electron chi connectivity index (χ3n) is 3.33. The van der Waals surface area contributed by atoms with Crippen LogP contribution in [0.15, 0.2) is 48.5 Å². The molecule has 0 aliphatic rings. The highest BCUT2D eigenvalue weighted by molar-refractivity contribution is 5.96. The number of ether oxygens (including phenoxy) is 1. The lowest BCUT2D eigenvalue weighted by Gasteiger charge is -2.11. The molecule has 0 aromatic heterocycles. The Hall–Kier alpha value is -2.64. The van der Waals surface area contributed by atoms with Gasteiger partial charge in [-0.15, -0.1) is 0 Å². The van der Waals surface area contributed by atoms with E-state index in [2.05, 4.69) is 10.1 Å².